The molecule has 1 aromatic heterocycles. The third-order valence-electron chi connectivity index (χ3n) is 4.26. The van der Waals surface area contributed by atoms with Crippen LogP contribution in [0.25, 0.3) is 0 Å². The first-order valence-electron chi connectivity index (χ1n) is 8.82. The molecule has 1 N–H and O–H groups in total. The number of hydrogen-bond acceptors (Lipinski definition) is 7. The monoisotopic (exact) mass is 385 g/mol. The maximum absolute atomic E-state index is 12.3. The topological polar surface area (TPSA) is 119 Å². The van der Waals surface area contributed by atoms with Crippen molar-refractivity contribution in [1.82, 2.24) is 10.1 Å². The van der Waals surface area contributed by atoms with Crippen LogP contribution in [0.15, 0.2) is 28.8 Å². The molecule has 0 fully saturated rings. The van der Waals surface area contributed by atoms with E-state index in [2.05, 4.69) is 10.5 Å². The zero-order valence-corrected chi connectivity index (χ0v) is 15.5. The highest BCUT2D eigenvalue weighted by Crippen LogP contribution is 2.23. The normalized spacial score (nSPS) is 12.9. The first-order chi connectivity index (χ1) is 13.4. The van der Waals surface area contributed by atoms with E-state index < -0.39 is 11.9 Å². The fraction of sp³-hybridized carbons (Fsp3) is 0.316. The third kappa shape index (κ3) is 3.64. The Morgan fingerprint density at radius 1 is 1.18 bits per heavy atom. The lowest BCUT2D eigenvalue weighted by molar-refractivity contribution is -0.116. The van der Waals surface area contributed by atoms with E-state index in [4.69, 9.17) is 9.26 Å². The summed E-state index contributed by atoms with van der Waals surface area (Å²) in [7, 11) is 0. The van der Waals surface area contributed by atoms with E-state index in [0.717, 1.165) is 4.90 Å². The summed E-state index contributed by atoms with van der Waals surface area (Å²) in [4.78, 5) is 49.8. The summed E-state index contributed by atoms with van der Waals surface area (Å²) in [6.45, 7) is 3.52. The maximum Gasteiger partial charge on any atom is 0.345 e. The minimum absolute atomic E-state index is 0.0232. The lowest BCUT2D eigenvalue weighted by Gasteiger charge is -2.13. The molecule has 9 nitrogen and oxygen atoms in total. The van der Waals surface area contributed by atoms with Crippen LogP contribution in [0.4, 0.5) is 5.88 Å². The predicted molar refractivity (Wildman–Crippen MR) is 96.9 cm³/mol. The van der Waals surface area contributed by atoms with Gasteiger partial charge in [0.15, 0.2) is 0 Å². The predicted octanol–water partition coefficient (Wildman–Crippen LogP) is 2.17. The molecule has 0 aliphatic carbocycles. The van der Waals surface area contributed by atoms with Crippen molar-refractivity contribution >= 4 is 29.6 Å². The largest absolute Gasteiger partial charge is 0.462 e. The molecule has 9 heteroatoms. The lowest BCUT2D eigenvalue weighted by atomic mass is 10.1. The van der Waals surface area contributed by atoms with Gasteiger partial charge < -0.3 is 9.26 Å². The second-order valence-electron chi connectivity index (χ2n) is 6.15. The van der Waals surface area contributed by atoms with Gasteiger partial charge in [0.25, 0.3) is 11.8 Å². The highest BCUT2D eigenvalue weighted by molar-refractivity contribution is 6.21. The highest BCUT2D eigenvalue weighted by atomic mass is 16.5. The van der Waals surface area contributed by atoms with Crippen molar-refractivity contribution in [2.75, 3.05) is 18.5 Å². The van der Waals surface area contributed by atoms with Gasteiger partial charge in [-0.2, -0.15) is 0 Å². The van der Waals surface area contributed by atoms with Gasteiger partial charge >= 0.3 is 5.97 Å². The van der Waals surface area contributed by atoms with E-state index in [1.165, 1.54) is 0 Å². The van der Waals surface area contributed by atoms with E-state index in [-0.39, 0.29) is 49.3 Å². The summed E-state index contributed by atoms with van der Waals surface area (Å²) in [5.74, 6) is -1.88. The Bertz CT molecular complexity index is 914. The van der Waals surface area contributed by atoms with Gasteiger partial charge in [-0.1, -0.05) is 17.3 Å². The minimum atomic E-state index is -0.637. The number of nitrogens with one attached hydrogen (secondary N) is 1. The van der Waals surface area contributed by atoms with Crippen molar-refractivity contribution in [1.29, 1.82) is 0 Å². The van der Waals surface area contributed by atoms with Gasteiger partial charge in [-0.3, -0.25) is 24.6 Å². The summed E-state index contributed by atoms with van der Waals surface area (Å²) in [6.07, 6.45) is 0.286. The van der Waals surface area contributed by atoms with Crippen molar-refractivity contribution in [3.05, 3.63) is 46.6 Å². The number of imide groups is 1. The molecule has 1 aliphatic rings. The van der Waals surface area contributed by atoms with Crippen LogP contribution < -0.4 is 5.32 Å². The Morgan fingerprint density at radius 3 is 2.43 bits per heavy atom. The van der Waals surface area contributed by atoms with Crippen LogP contribution in [0.1, 0.15) is 56.5 Å². The SMILES string of the molecule is CCOC(=O)c1c(C)noc1NC(=O)CCCN1C(=O)c2ccccc2C1=O. The van der Waals surface area contributed by atoms with Gasteiger partial charge in [-0.25, -0.2) is 4.79 Å². The molecule has 0 spiro atoms. The number of ether oxygens (including phenoxy) is 1. The number of aryl methyl sites for hydroxylation is 1. The lowest BCUT2D eigenvalue weighted by Crippen LogP contribution is -2.31. The van der Waals surface area contributed by atoms with Crippen LogP contribution in [0, 0.1) is 6.92 Å². The van der Waals surface area contributed by atoms with Crippen LogP contribution in [-0.4, -0.2) is 46.9 Å². The van der Waals surface area contributed by atoms with Crippen LogP contribution in [0.5, 0.6) is 0 Å². The van der Waals surface area contributed by atoms with Crippen molar-refractivity contribution in [2.45, 2.75) is 26.7 Å². The molecule has 2 heterocycles. The molecule has 28 heavy (non-hydrogen) atoms. The number of benzene rings is 1. The first kappa shape index (κ1) is 19.3. The first-order valence-corrected chi connectivity index (χ1v) is 8.82. The summed E-state index contributed by atoms with van der Waals surface area (Å²) in [6, 6.07) is 6.60. The summed E-state index contributed by atoms with van der Waals surface area (Å²) < 4.78 is 9.91. The zero-order chi connectivity index (χ0) is 20.3. The molecular weight excluding hydrogens is 366 g/mol. The van der Waals surface area contributed by atoms with E-state index >= 15 is 0 Å². The van der Waals surface area contributed by atoms with Gasteiger partial charge in [0.2, 0.25) is 11.8 Å². The van der Waals surface area contributed by atoms with Crippen LogP contribution in [-0.2, 0) is 9.53 Å². The van der Waals surface area contributed by atoms with Crippen molar-refractivity contribution in [2.24, 2.45) is 0 Å². The number of esters is 1. The van der Waals surface area contributed by atoms with Crippen LogP contribution >= 0.6 is 0 Å². The number of carbonyl (C=O) groups excluding carboxylic acids is 4. The number of aromatic nitrogens is 1. The summed E-state index contributed by atoms with van der Waals surface area (Å²) in [5.41, 5.74) is 1.11. The molecule has 3 rings (SSSR count). The van der Waals surface area contributed by atoms with E-state index in [1.54, 1.807) is 38.1 Å². The molecule has 0 unspecified atom stereocenters. The third-order valence-corrected chi connectivity index (χ3v) is 4.26. The van der Waals surface area contributed by atoms with Gasteiger partial charge in [-0.05, 0) is 32.4 Å². The number of hydrogen-bond donors (Lipinski definition) is 1. The molecular formula is C19H19N3O6. The second kappa shape index (κ2) is 8.03. The fourth-order valence-corrected chi connectivity index (χ4v) is 2.93. The Hall–Kier alpha value is -3.49. The maximum atomic E-state index is 12.3. The fourth-order valence-electron chi connectivity index (χ4n) is 2.93. The second-order valence-corrected chi connectivity index (χ2v) is 6.15. The van der Waals surface area contributed by atoms with Crippen LogP contribution in [0.3, 0.4) is 0 Å². The molecule has 146 valence electrons. The van der Waals surface area contributed by atoms with Gasteiger partial charge in [0, 0.05) is 13.0 Å². The van der Waals surface area contributed by atoms with E-state index in [1.807, 2.05) is 0 Å². The average molecular weight is 385 g/mol. The van der Waals surface area contributed by atoms with E-state index in [9.17, 15) is 19.2 Å². The van der Waals surface area contributed by atoms with E-state index in [0.29, 0.717) is 16.8 Å². The number of anilines is 1. The van der Waals surface area contributed by atoms with Crippen molar-refractivity contribution in [3.63, 3.8) is 0 Å². The molecule has 2 aromatic rings. The number of nitrogens with zero attached hydrogens (tertiary/aromatic N) is 2. The van der Waals surface area contributed by atoms with Gasteiger partial charge in [0.1, 0.15) is 5.56 Å². The quantitative estimate of drug-likeness (QED) is 0.573. The Balaban J connectivity index is 1.56. The molecule has 0 bridgehead atoms. The summed E-state index contributed by atoms with van der Waals surface area (Å²) >= 11 is 0. The molecule has 0 saturated carbocycles. The Kier molecular flexibility index (Phi) is 5.53. The standard InChI is InChI=1S/C19H19N3O6/c1-3-27-19(26)15-11(2)21-28-16(15)20-14(23)9-6-10-22-17(24)12-7-4-5-8-13(12)18(22)25/h4-5,7-8H,3,6,9-10H2,1-2H3,(H,20,23). The van der Waals surface area contributed by atoms with Gasteiger partial charge in [-0.15, -0.1) is 0 Å². The number of amides is 3. The number of fused-ring (bicyclic) bond motifs is 1. The summed E-state index contributed by atoms with van der Waals surface area (Å²) in [5, 5.41) is 6.15. The van der Waals surface area contributed by atoms with Crippen molar-refractivity contribution < 1.29 is 28.4 Å². The zero-order valence-electron chi connectivity index (χ0n) is 15.5. The minimum Gasteiger partial charge on any atom is -0.462 e. The molecule has 0 saturated heterocycles. The number of rotatable bonds is 7. The smallest absolute Gasteiger partial charge is 0.345 e. The molecule has 1 aliphatic heterocycles. The average Bonchev–Trinajstić information content (AvgIpc) is 3.15. The Labute approximate surface area is 160 Å². The Morgan fingerprint density at radius 2 is 1.82 bits per heavy atom. The van der Waals surface area contributed by atoms with Crippen LogP contribution in [0.2, 0.25) is 0 Å². The molecule has 1 aromatic carbocycles. The number of carbonyl (C=O) groups is 4. The highest BCUT2D eigenvalue weighted by Gasteiger charge is 2.34. The molecule has 0 atom stereocenters. The van der Waals surface area contributed by atoms with Gasteiger partial charge in [0.05, 0.1) is 23.4 Å². The molecule has 3 amide bonds. The van der Waals surface area contributed by atoms with Crippen molar-refractivity contribution in [3.8, 4) is 0 Å². The molecule has 0 radical (unpaired) electrons.